The van der Waals surface area contributed by atoms with Gasteiger partial charge in [0.25, 0.3) is 0 Å². The second-order valence-electron chi connectivity index (χ2n) is 6.80. The first kappa shape index (κ1) is 18.6. The molecule has 0 bridgehead atoms. The molecule has 0 saturated carbocycles. The lowest BCUT2D eigenvalue weighted by molar-refractivity contribution is -0.111. The first-order valence-corrected chi connectivity index (χ1v) is 8.14. The van der Waals surface area contributed by atoms with Crippen molar-refractivity contribution in [1.82, 2.24) is 0 Å². The Balaban J connectivity index is 2.06. The molecule has 4 nitrogen and oxygen atoms in total. The van der Waals surface area contributed by atoms with Crippen LogP contribution in [0.1, 0.15) is 31.9 Å². The minimum absolute atomic E-state index is 0.116. The summed E-state index contributed by atoms with van der Waals surface area (Å²) < 4.78 is 10.4. The molecule has 2 rings (SSSR count). The van der Waals surface area contributed by atoms with E-state index in [-0.39, 0.29) is 11.3 Å². The maximum atomic E-state index is 12.1. The second kappa shape index (κ2) is 7.88. The van der Waals surface area contributed by atoms with E-state index >= 15 is 0 Å². The topological polar surface area (TPSA) is 47.6 Å². The van der Waals surface area contributed by atoms with Gasteiger partial charge in [-0.2, -0.15) is 0 Å². The molecule has 0 radical (unpaired) electrons. The predicted octanol–water partition coefficient (Wildman–Crippen LogP) is 4.65. The third-order valence-electron chi connectivity index (χ3n) is 3.82. The quantitative estimate of drug-likeness (QED) is 0.806. The van der Waals surface area contributed by atoms with Crippen molar-refractivity contribution < 1.29 is 14.3 Å². The van der Waals surface area contributed by atoms with E-state index in [1.165, 1.54) is 11.6 Å². The summed E-state index contributed by atoms with van der Waals surface area (Å²) in [5, 5.41) is 2.81. The molecule has 1 amide bonds. The fourth-order valence-electron chi connectivity index (χ4n) is 2.33. The maximum absolute atomic E-state index is 12.1. The number of anilines is 1. The number of carbonyl (C=O) groups is 1. The zero-order valence-corrected chi connectivity index (χ0v) is 15.4. The summed E-state index contributed by atoms with van der Waals surface area (Å²) in [6, 6.07) is 13.4. The van der Waals surface area contributed by atoms with Gasteiger partial charge in [0.1, 0.15) is 11.5 Å². The highest BCUT2D eigenvalue weighted by Crippen LogP contribution is 2.26. The first-order valence-electron chi connectivity index (χ1n) is 8.14. The number of benzene rings is 2. The number of carbonyl (C=O) groups excluding carboxylic acids is 1. The van der Waals surface area contributed by atoms with Gasteiger partial charge in [-0.25, -0.2) is 0 Å². The van der Waals surface area contributed by atoms with Crippen molar-refractivity contribution in [3.05, 3.63) is 59.7 Å². The third-order valence-corrected chi connectivity index (χ3v) is 3.82. The molecular weight excluding hydrogens is 314 g/mol. The summed E-state index contributed by atoms with van der Waals surface area (Å²) in [5.41, 5.74) is 2.98. The molecule has 0 aliphatic carbocycles. The standard InChI is InChI=1S/C21H25NO3/c1-21(2,3)16-9-6-15(7-10-16)8-11-20(23)22-17-12-18(24-4)14-19(13-17)25-5/h6-14H,1-5H3,(H,22,23). The van der Waals surface area contributed by atoms with Gasteiger partial charge < -0.3 is 14.8 Å². The van der Waals surface area contributed by atoms with Gasteiger partial charge in [-0.15, -0.1) is 0 Å². The number of hydrogen-bond acceptors (Lipinski definition) is 3. The molecule has 0 spiro atoms. The molecule has 0 aromatic heterocycles. The van der Waals surface area contributed by atoms with Crippen LogP contribution >= 0.6 is 0 Å². The van der Waals surface area contributed by atoms with Crippen LogP contribution < -0.4 is 14.8 Å². The number of amides is 1. The van der Waals surface area contributed by atoms with Crippen molar-refractivity contribution in [2.45, 2.75) is 26.2 Å². The summed E-state index contributed by atoms with van der Waals surface area (Å²) in [4.78, 5) is 12.1. The monoisotopic (exact) mass is 339 g/mol. The summed E-state index contributed by atoms with van der Waals surface area (Å²) in [5.74, 6) is 1.03. The normalized spacial score (nSPS) is 11.4. The molecule has 1 N–H and O–H groups in total. The van der Waals surface area contributed by atoms with E-state index in [1.807, 2.05) is 12.1 Å². The van der Waals surface area contributed by atoms with E-state index in [9.17, 15) is 4.79 Å². The molecule has 2 aromatic rings. The van der Waals surface area contributed by atoms with Gasteiger partial charge in [-0.05, 0) is 22.6 Å². The average molecular weight is 339 g/mol. The first-order chi connectivity index (χ1) is 11.8. The molecule has 0 aliphatic rings. The fraction of sp³-hybridized carbons (Fsp3) is 0.286. The number of hydrogen-bond donors (Lipinski definition) is 1. The zero-order chi connectivity index (χ0) is 18.4. The molecule has 0 aliphatic heterocycles. The Morgan fingerprint density at radius 1 is 0.960 bits per heavy atom. The molecule has 132 valence electrons. The largest absolute Gasteiger partial charge is 0.497 e. The van der Waals surface area contributed by atoms with Gasteiger partial charge in [0.15, 0.2) is 0 Å². The SMILES string of the molecule is COc1cc(NC(=O)C=Cc2ccc(C(C)(C)C)cc2)cc(OC)c1. The number of nitrogens with one attached hydrogen (secondary N) is 1. The lowest BCUT2D eigenvalue weighted by atomic mass is 9.87. The zero-order valence-electron chi connectivity index (χ0n) is 15.4. The van der Waals surface area contributed by atoms with E-state index in [0.717, 1.165) is 5.56 Å². The molecule has 0 atom stereocenters. The van der Waals surface area contributed by atoms with Gasteiger partial charge >= 0.3 is 0 Å². The molecular formula is C21H25NO3. The molecule has 0 saturated heterocycles. The summed E-state index contributed by atoms with van der Waals surface area (Å²) in [7, 11) is 3.14. The Kier molecular flexibility index (Phi) is 5.86. The van der Waals surface area contributed by atoms with E-state index in [0.29, 0.717) is 17.2 Å². The van der Waals surface area contributed by atoms with Crippen molar-refractivity contribution in [2.24, 2.45) is 0 Å². The van der Waals surface area contributed by atoms with Crippen molar-refractivity contribution in [3.63, 3.8) is 0 Å². The van der Waals surface area contributed by atoms with Gasteiger partial charge in [-0.1, -0.05) is 45.0 Å². The van der Waals surface area contributed by atoms with E-state index in [2.05, 4.69) is 38.2 Å². The summed E-state index contributed by atoms with van der Waals surface area (Å²) in [6.45, 7) is 6.52. The van der Waals surface area contributed by atoms with E-state index in [4.69, 9.17) is 9.47 Å². The van der Waals surface area contributed by atoms with Gasteiger partial charge in [-0.3, -0.25) is 4.79 Å². The van der Waals surface area contributed by atoms with E-state index in [1.54, 1.807) is 38.5 Å². The molecule has 0 heterocycles. The lowest BCUT2D eigenvalue weighted by Gasteiger charge is -2.18. The predicted molar refractivity (Wildman–Crippen MR) is 102 cm³/mol. The molecule has 0 fully saturated rings. The Morgan fingerprint density at radius 2 is 1.52 bits per heavy atom. The van der Waals surface area contributed by atoms with E-state index < -0.39 is 0 Å². The Bertz CT molecular complexity index is 733. The highest BCUT2D eigenvalue weighted by Gasteiger charge is 2.12. The van der Waals surface area contributed by atoms with Crippen molar-refractivity contribution in [1.29, 1.82) is 0 Å². The highest BCUT2D eigenvalue weighted by molar-refractivity contribution is 6.02. The van der Waals surface area contributed by atoms with Crippen LogP contribution in [0.4, 0.5) is 5.69 Å². The van der Waals surface area contributed by atoms with Crippen molar-refractivity contribution in [2.75, 3.05) is 19.5 Å². The highest BCUT2D eigenvalue weighted by atomic mass is 16.5. The Labute approximate surface area is 149 Å². The van der Waals surface area contributed by atoms with Gasteiger partial charge in [0.05, 0.1) is 14.2 Å². The maximum Gasteiger partial charge on any atom is 0.248 e. The van der Waals surface area contributed by atoms with Crippen molar-refractivity contribution in [3.8, 4) is 11.5 Å². The number of rotatable bonds is 5. The Morgan fingerprint density at radius 3 is 2.00 bits per heavy atom. The molecule has 25 heavy (non-hydrogen) atoms. The number of methoxy groups -OCH3 is 2. The van der Waals surface area contributed by atoms with Crippen LogP contribution in [0, 0.1) is 0 Å². The molecule has 2 aromatic carbocycles. The van der Waals surface area contributed by atoms with Gasteiger partial charge in [0.2, 0.25) is 5.91 Å². The summed E-state index contributed by atoms with van der Waals surface area (Å²) >= 11 is 0. The minimum Gasteiger partial charge on any atom is -0.497 e. The smallest absolute Gasteiger partial charge is 0.248 e. The van der Waals surface area contributed by atoms with Crippen LogP contribution in [0.15, 0.2) is 48.5 Å². The van der Waals surface area contributed by atoms with Gasteiger partial charge in [0, 0.05) is 30.0 Å². The Hall–Kier alpha value is -2.75. The van der Waals surface area contributed by atoms with Crippen LogP contribution in [0.25, 0.3) is 6.08 Å². The van der Waals surface area contributed by atoms with Crippen LogP contribution in [0.2, 0.25) is 0 Å². The van der Waals surface area contributed by atoms with Crippen LogP contribution in [-0.4, -0.2) is 20.1 Å². The third kappa shape index (κ3) is 5.38. The van der Waals surface area contributed by atoms with Crippen LogP contribution in [-0.2, 0) is 10.2 Å². The molecule has 0 unspecified atom stereocenters. The van der Waals surface area contributed by atoms with Crippen LogP contribution in [0.5, 0.6) is 11.5 Å². The summed E-state index contributed by atoms with van der Waals surface area (Å²) in [6.07, 6.45) is 3.30. The van der Waals surface area contributed by atoms with Crippen molar-refractivity contribution >= 4 is 17.7 Å². The second-order valence-corrected chi connectivity index (χ2v) is 6.80. The molecule has 4 heteroatoms. The average Bonchev–Trinajstić information content (AvgIpc) is 2.59. The van der Waals surface area contributed by atoms with Crippen LogP contribution in [0.3, 0.4) is 0 Å². The minimum atomic E-state index is -0.213. The fourth-order valence-corrected chi connectivity index (χ4v) is 2.33. The number of ether oxygens (including phenoxy) is 2. The lowest BCUT2D eigenvalue weighted by Crippen LogP contribution is -2.10.